The van der Waals surface area contributed by atoms with Crippen molar-refractivity contribution in [2.45, 2.75) is 25.0 Å². The Hall–Kier alpha value is -0.480. The van der Waals surface area contributed by atoms with Crippen molar-refractivity contribution in [2.75, 3.05) is 25.9 Å². The fraction of sp³-hybridized carbons (Fsp3) is 0.667. The Bertz CT molecular complexity index is 662. The van der Waals surface area contributed by atoms with E-state index in [-0.39, 0.29) is 23.2 Å². The molecule has 0 aliphatic carbocycles. The second kappa shape index (κ2) is 7.19. The molecule has 0 aliphatic heterocycles. The summed E-state index contributed by atoms with van der Waals surface area (Å²) in [4.78, 5) is 0.910. The molecule has 0 saturated carbocycles. The van der Waals surface area contributed by atoms with Crippen LogP contribution in [0.15, 0.2) is 16.3 Å². The third-order valence-electron chi connectivity index (χ3n) is 2.67. The summed E-state index contributed by atoms with van der Waals surface area (Å²) in [5.41, 5.74) is 0. The van der Waals surface area contributed by atoms with Crippen LogP contribution in [0.3, 0.4) is 0 Å². The predicted octanol–water partition coefficient (Wildman–Crippen LogP) is 1.25. The highest BCUT2D eigenvalue weighted by Gasteiger charge is 2.20. The average molecular weight is 355 g/mol. The minimum atomic E-state index is -3.56. The molecule has 0 fully saturated rings. The predicted molar refractivity (Wildman–Crippen MR) is 85.5 cm³/mol. The van der Waals surface area contributed by atoms with E-state index < -0.39 is 20.0 Å². The van der Waals surface area contributed by atoms with Crippen LogP contribution in [0.5, 0.6) is 0 Å². The van der Waals surface area contributed by atoms with Crippen molar-refractivity contribution in [2.24, 2.45) is 5.92 Å². The molecule has 0 bridgehead atoms. The van der Waals surface area contributed by atoms with Crippen molar-refractivity contribution < 1.29 is 16.8 Å². The molecular weight excluding hydrogens is 332 g/mol. The second-order valence-electron chi connectivity index (χ2n) is 5.28. The second-order valence-corrected chi connectivity index (χ2v) is 10.5. The van der Waals surface area contributed by atoms with Crippen molar-refractivity contribution in [1.29, 1.82) is 0 Å². The lowest BCUT2D eigenvalue weighted by Crippen LogP contribution is -2.39. The Morgan fingerprint density at radius 1 is 1.24 bits per heavy atom. The van der Waals surface area contributed by atoms with Crippen molar-refractivity contribution in [1.82, 2.24) is 9.03 Å². The van der Waals surface area contributed by atoms with E-state index in [1.807, 2.05) is 20.8 Å². The molecule has 9 heteroatoms. The summed E-state index contributed by atoms with van der Waals surface area (Å²) < 4.78 is 51.3. The minimum Gasteiger partial charge on any atom is -0.213 e. The van der Waals surface area contributed by atoms with E-state index in [0.717, 1.165) is 11.1 Å². The summed E-state index contributed by atoms with van der Waals surface area (Å²) in [7, 11) is -6.90. The molecule has 0 amide bonds. The highest BCUT2D eigenvalue weighted by Crippen LogP contribution is 2.20. The van der Waals surface area contributed by atoms with Gasteiger partial charge in [0.2, 0.25) is 20.0 Å². The van der Waals surface area contributed by atoms with Crippen LogP contribution in [-0.2, 0) is 20.0 Å². The number of nitrogens with one attached hydrogen (secondary N) is 1. The number of sulfonamides is 2. The van der Waals surface area contributed by atoms with E-state index in [1.54, 1.807) is 12.1 Å². The lowest BCUT2D eigenvalue weighted by molar-refractivity contribution is 0.372. The third kappa shape index (κ3) is 6.03. The smallest absolute Gasteiger partial charge is 0.213 e. The van der Waals surface area contributed by atoms with Gasteiger partial charge in [-0.1, -0.05) is 13.8 Å². The van der Waals surface area contributed by atoms with Gasteiger partial charge >= 0.3 is 0 Å². The summed E-state index contributed by atoms with van der Waals surface area (Å²) in [6.07, 6.45) is 1.13. The van der Waals surface area contributed by atoms with E-state index in [1.165, 1.54) is 15.6 Å². The van der Waals surface area contributed by atoms with Crippen LogP contribution in [0.4, 0.5) is 0 Å². The van der Waals surface area contributed by atoms with E-state index >= 15 is 0 Å². The lowest BCUT2D eigenvalue weighted by Gasteiger charge is -2.21. The molecule has 0 spiro atoms. The summed E-state index contributed by atoms with van der Waals surface area (Å²) in [5.74, 6) is 0.177. The van der Waals surface area contributed by atoms with Crippen LogP contribution >= 0.6 is 11.3 Å². The molecule has 1 rings (SSSR count). The van der Waals surface area contributed by atoms with E-state index in [0.29, 0.717) is 6.54 Å². The first-order valence-corrected chi connectivity index (χ1v) is 10.7. The molecule has 122 valence electrons. The normalized spacial score (nSPS) is 13.2. The molecule has 1 N–H and O–H groups in total. The van der Waals surface area contributed by atoms with Crippen LogP contribution in [-0.4, -0.2) is 47.0 Å². The van der Waals surface area contributed by atoms with E-state index in [9.17, 15) is 16.8 Å². The Labute approximate surface area is 131 Å². The standard InChI is InChI=1S/C12H22N2O4S3/c1-10(2)9-14(20(4,15)16)8-7-13-21(17,18)12-6-5-11(3)19-12/h5-6,10,13H,7-9H2,1-4H3. The number of hydrogen-bond donors (Lipinski definition) is 1. The Morgan fingerprint density at radius 2 is 1.86 bits per heavy atom. The zero-order valence-corrected chi connectivity index (χ0v) is 15.1. The number of aryl methyl sites for hydroxylation is 1. The van der Waals surface area contributed by atoms with E-state index in [2.05, 4.69) is 4.72 Å². The molecule has 1 aromatic rings. The molecular formula is C12H22N2O4S3. The highest BCUT2D eigenvalue weighted by atomic mass is 32.2. The summed E-state index contributed by atoms with van der Waals surface area (Å²) in [6.45, 7) is 6.21. The van der Waals surface area contributed by atoms with Gasteiger partial charge in [-0.2, -0.15) is 0 Å². The molecule has 0 atom stereocenters. The highest BCUT2D eigenvalue weighted by molar-refractivity contribution is 7.91. The molecule has 0 radical (unpaired) electrons. The maximum absolute atomic E-state index is 12.0. The molecule has 0 saturated heterocycles. The van der Waals surface area contributed by atoms with Crippen LogP contribution in [0, 0.1) is 12.8 Å². The first-order valence-electron chi connectivity index (χ1n) is 6.53. The van der Waals surface area contributed by atoms with Crippen LogP contribution < -0.4 is 4.72 Å². The molecule has 6 nitrogen and oxygen atoms in total. The quantitative estimate of drug-likeness (QED) is 0.761. The van der Waals surface area contributed by atoms with E-state index in [4.69, 9.17) is 0 Å². The van der Waals surface area contributed by atoms with Gasteiger partial charge in [-0.15, -0.1) is 11.3 Å². The number of rotatable bonds is 8. The summed E-state index contributed by atoms with van der Waals surface area (Å²) >= 11 is 1.19. The molecule has 21 heavy (non-hydrogen) atoms. The Balaban J connectivity index is 2.66. The maximum atomic E-state index is 12.0. The topological polar surface area (TPSA) is 83.6 Å². The summed E-state index contributed by atoms with van der Waals surface area (Å²) in [6, 6.07) is 3.28. The molecule has 0 aliphatic rings. The number of nitrogens with zero attached hydrogens (tertiary/aromatic N) is 1. The van der Waals surface area contributed by atoms with Gasteiger partial charge in [0.25, 0.3) is 0 Å². The zero-order chi connectivity index (χ0) is 16.3. The molecule has 1 heterocycles. The molecule has 0 unspecified atom stereocenters. The van der Waals surface area contributed by atoms with Crippen molar-refractivity contribution in [3.8, 4) is 0 Å². The average Bonchev–Trinajstić information content (AvgIpc) is 2.73. The van der Waals surface area contributed by atoms with Gasteiger partial charge in [0.05, 0.1) is 6.26 Å². The van der Waals surface area contributed by atoms with Gasteiger partial charge < -0.3 is 0 Å². The summed E-state index contributed by atoms with van der Waals surface area (Å²) in [5, 5.41) is 0. The third-order valence-corrected chi connectivity index (χ3v) is 6.89. The van der Waals surface area contributed by atoms with Gasteiger partial charge in [-0.3, -0.25) is 0 Å². The van der Waals surface area contributed by atoms with Crippen molar-refractivity contribution in [3.05, 3.63) is 17.0 Å². The van der Waals surface area contributed by atoms with Gasteiger partial charge in [0.15, 0.2) is 0 Å². The fourth-order valence-corrected chi connectivity index (χ4v) is 5.07. The first-order chi connectivity index (χ1) is 9.52. The van der Waals surface area contributed by atoms with Crippen LogP contribution in [0.1, 0.15) is 18.7 Å². The fourth-order valence-electron chi connectivity index (χ4n) is 1.73. The lowest BCUT2D eigenvalue weighted by atomic mass is 10.2. The van der Waals surface area contributed by atoms with Gasteiger partial charge in [0.1, 0.15) is 4.21 Å². The minimum absolute atomic E-state index is 0.0546. The molecule has 1 aromatic heterocycles. The molecule has 0 aromatic carbocycles. The van der Waals surface area contributed by atoms with Crippen LogP contribution in [0.2, 0.25) is 0 Å². The van der Waals surface area contributed by atoms with Gasteiger partial charge in [-0.05, 0) is 25.0 Å². The van der Waals surface area contributed by atoms with Crippen molar-refractivity contribution >= 4 is 31.4 Å². The largest absolute Gasteiger partial charge is 0.250 e. The number of hydrogen-bond acceptors (Lipinski definition) is 5. The SMILES string of the molecule is Cc1ccc(S(=O)(=O)NCCN(CC(C)C)S(C)(=O)=O)s1. The van der Waals surface area contributed by atoms with Gasteiger partial charge in [0, 0.05) is 24.5 Å². The van der Waals surface area contributed by atoms with Crippen LogP contribution in [0.25, 0.3) is 0 Å². The Kier molecular flexibility index (Phi) is 6.36. The zero-order valence-electron chi connectivity index (χ0n) is 12.7. The van der Waals surface area contributed by atoms with Crippen molar-refractivity contribution in [3.63, 3.8) is 0 Å². The number of thiophene rings is 1. The maximum Gasteiger partial charge on any atom is 0.250 e. The van der Waals surface area contributed by atoms with Gasteiger partial charge in [-0.25, -0.2) is 25.9 Å². The first kappa shape index (κ1) is 18.6. The Morgan fingerprint density at radius 3 is 2.29 bits per heavy atom. The monoisotopic (exact) mass is 354 g/mol.